The van der Waals surface area contributed by atoms with Gasteiger partial charge in [-0.25, -0.2) is 0 Å². The van der Waals surface area contributed by atoms with Crippen LogP contribution in [0.25, 0.3) is 6.08 Å². The van der Waals surface area contributed by atoms with Crippen molar-refractivity contribution in [3.63, 3.8) is 0 Å². The number of rotatable bonds is 1. The maximum atomic E-state index is 6.57. The van der Waals surface area contributed by atoms with Gasteiger partial charge in [-0.15, -0.1) is 0 Å². The SMILES string of the molecule is C/C=C\c1ccc2c(c1Cl)CC[C@@]1(C)CNC[C@@H]21. The van der Waals surface area contributed by atoms with Crippen LogP contribution in [-0.4, -0.2) is 13.1 Å². The molecule has 1 aromatic carbocycles. The van der Waals surface area contributed by atoms with Crippen LogP contribution in [0.1, 0.15) is 42.9 Å². The van der Waals surface area contributed by atoms with E-state index in [1.54, 1.807) is 0 Å². The standard InChI is InChI=1S/C16H20ClN/c1-3-4-11-5-6-12-13(15(11)17)7-8-16(2)10-18-9-14(12)16/h3-6,14,18H,7-10H2,1-2H3/b4-3-/t14-,16-/m0/s1. The Morgan fingerprint density at radius 3 is 3.06 bits per heavy atom. The predicted molar refractivity (Wildman–Crippen MR) is 78.2 cm³/mol. The Morgan fingerprint density at radius 1 is 1.44 bits per heavy atom. The summed E-state index contributed by atoms with van der Waals surface area (Å²) >= 11 is 6.57. The summed E-state index contributed by atoms with van der Waals surface area (Å²) in [6.45, 7) is 6.69. The molecule has 2 aliphatic rings. The Morgan fingerprint density at radius 2 is 2.28 bits per heavy atom. The minimum atomic E-state index is 0.429. The zero-order valence-corrected chi connectivity index (χ0v) is 11.8. The van der Waals surface area contributed by atoms with Crippen molar-refractivity contribution < 1.29 is 0 Å². The molecule has 1 heterocycles. The van der Waals surface area contributed by atoms with Crippen LogP contribution < -0.4 is 5.32 Å². The van der Waals surface area contributed by atoms with E-state index in [0.29, 0.717) is 11.3 Å². The van der Waals surface area contributed by atoms with Gasteiger partial charge in [-0.3, -0.25) is 0 Å². The van der Waals surface area contributed by atoms with Gasteiger partial charge >= 0.3 is 0 Å². The molecule has 3 rings (SSSR count). The maximum Gasteiger partial charge on any atom is 0.0513 e. The molecule has 2 heteroatoms. The first kappa shape index (κ1) is 12.3. The predicted octanol–water partition coefficient (Wildman–Crippen LogP) is 4.01. The van der Waals surface area contributed by atoms with Crippen molar-refractivity contribution in [1.29, 1.82) is 0 Å². The number of fused-ring (bicyclic) bond motifs is 3. The number of nitrogens with one attached hydrogen (secondary N) is 1. The minimum absolute atomic E-state index is 0.429. The summed E-state index contributed by atoms with van der Waals surface area (Å²) in [5.74, 6) is 0.637. The molecule has 1 aliphatic carbocycles. The normalized spacial score (nSPS) is 30.5. The molecule has 1 nitrogen and oxygen atoms in total. The Kier molecular flexibility index (Phi) is 2.99. The van der Waals surface area contributed by atoms with Crippen molar-refractivity contribution in [3.8, 4) is 0 Å². The highest BCUT2D eigenvalue weighted by molar-refractivity contribution is 6.33. The van der Waals surface area contributed by atoms with Gasteiger partial charge in [-0.2, -0.15) is 0 Å². The summed E-state index contributed by atoms with van der Waals surface area (Å²) in [5.41, 5.74) is 4.45. The summed E-state index contributed by atoms with van der Waals surface area (Å²) in [4.78, 5) is 0. The largest absolute Gasteiger partial charge is 0.316 e. The van der Waals surface area contributed by atoms with Crippen molar-refractivity contribution >= 4 is 17.7 Å². The molecule has 1 N–H and O–H groups in total. The van der Waals surface area contributed by atoms with Crippen LogP contribution in [0, 0.1) is 5.41 Å². The first-order chi connectivity index (χ1) is 8.65. The fraction of sp³-hybridized carbons (Fsp3) is 0.500. The second kappa shape index (κ2) is 4.40. The molecule has 0 bridgehead atoms. The van der Waals surface area contributed by atoms with Gasteiger partial charge in [0.2, 0.25) is 0 Å². The summed E-state index contributed by atoms with van der Waals surface area (Å²) < 4.78 is 0. The van der Waals surface area contributed by atoms with E-state index in [9.17, 15) is 0 Å². The fourth-order valence-electron chi connectivity index (χ4n) is 3.57. The van der Waals surface area contributed by atoms with E-state index in [4.69, 9.17) is 11.6 Å². The number of hydrogen-bond acceptors (Lipinski definition) is 1. The first-order valence-electron chi connectivity index (χ1n) is 6.80. The molecule has 0 unspecified atom stereocenters. The molecule has 18 heavy (non-hydrogen) atoms. The molecule has 1 aliphatic heterocycles. The molecule has 0 radical (unpaired) electrons. The zero-order chi connectivity index (χ0) is 12.8. The second-order valence-electron chi connectivity index (χ2n) is 5.87. The molecule has 96 valence electrons. The second-order valence-corrected chi connectivity index (χ2v) is 6.25. The van der Waals surface area contributed by atoms with Crippen LogP contribution in [-0.2, 0) is 6.42 Å². The van der Waals surface area contributed by atoms with E-state index in [-0.39, 0.29) is 0 Å². The van der Waals surface area contributed by atoms with Crippen LogP contribution in [0.3, 0.4) is 0 Å². The Balaban J connectivity index is 2.10. The van der Waals surface area contributed by atoms with E-state index in [0.717, 1.165) is 30.1 Å². The summed E-state index contributed by atoms with van der Waals surface area (Å²) in [6, 6.07) is 4.47. The first-order valence-corrected chi connectivity index (χ1v) is 7.18. The molecule has 2 atom stereocenters. The van der Waals surface area contributed by atoms with E-state index < -0.39 is 0 Å². The average Bonchev–Trinajstić information content (AvgIpc) is 2.75. The lowest BCUT2D eigenvalue weighted by molar-refractivity contribution is 0.277. The lowest BCUT2D eigenvalue weighted by Gasteiger charge is -2.37. The zero-order valence-electron chi connectivity index (χ0n) is 11.1. The summed E-state index contributed by atoms with van der Waals surface area (Å²) in [6.07, 6.45) is 6.52. The molecule has 0 saturated carbocycles. The van der Waals surface area contributed by atoms with Crippen LogP contribution in [0.15, 0.2) is 18.2 Å². The maximum absolute atomic E-state index is 6.57. The topological polar surface area (TPSA) is 12.0 Å². The number of hydrogen-bond donors (Lipinski definition) is 1. The lowest BCUT2D eigenvalue weighted by atomic mass is 9.67. The summed E-state index contributed by atoms with van der Waals surface area (Å²) in [5, 5.41) is 4.52. The average molecular weight is 262 g/mol. The van der Waals surface area contributed by atoms with Gasteiger partial charge in [-0.05, 0) is 41.9 Å². The highest BCUT2D eigenvalue weighted by Gasteiger charge is 2.43. The molecule has 1 saturated heterocycles. The highest BCUT2D eigenvalue weighted by Crippen LogP contribution is 2.49. The monoisotopic (exact) mass is 261 g/mol. The van der Waals surface area contributed by atoms with Crippen LogP contribution in [0.5, 0.6) is 0 Å². The highest BCUT2D eigenvalue weighted by atomic mass is 35.5. The molecule has 0 amide bonds. The van der Waals surface area contributed by atoms with Gasteiger partial charge in [0.25, 0.3) is 0 Å². The Hall–Kier alpha value is -0.790. The summed E-state index contributed by atoms with van der Waals surface area (Å²) in [7, 11) is 0. The Bertz CT molecular complexity index is 506. The van der Waals surface area contributed by atoms with Crippen molar-refractivity contribution in [2.45, 2.75) is 32.6 Å². The van der Waals surface area contributed by atoms with Crippen LogP contribution >= 0.6 is 11.6 Å². The number of halogens is 1. The van der Waals surface area contributed by atoms with Crippen LogP contribution in [0.2, 0.25) is 5.02 Å². The quantitative estimate of drug-likeness (QED) is 0.805. The van der Waals surface area contributed by atoms with E-state index >= 15 is 0 Å². The van der Waals surface area contributed by atoms with Crippen molar-refractivity contribution in [3.05, 3.63) is 39.9 Å². The lowest BCUT2D eigenvalue weighted by Crippen LogP contribution is -2.30. The van der Waals surface area contributed by atoms with Crippen LogP contribution in [0.4, 0.5) is 0 Å². The molecule has 1 fully saturated rings. The van der Waals surface area contributed by atoms with Gasteiger partial charge < -0.3 is 5.32 Å². The molecular formula is C16H20ClN. The smallest absolute Gasteiger partial charge is 0.0513 e. The third-order valence-corrected chi connectivity index (χ3v) is 5.14. The molecule has 0 aromatic heterocycles. The van der Waals surface area contributed by atoms with Gasteiger partial charge in [0.05, 0.1) is 5.02 Å². The number of allylic oxidation sites excluding steroid dienone is 1. The fourth-order valence-corrected chi connectivity index (χ4v) is 3.90. The number of benzene rings is 1. The van der Waals surface area contributed by atoms with E-state index in [1.807, 2.05) is 6.92 Å². The molecular weight excluding hydrogens is 242 g/mol. The van der Waals surface area contributed by atoms with E-state index in [2.05, 4.69) is 36.5 Å². The third kappa shape index (κ3) is 1.72. The third-order valence-electron chi connectivity index (χ3n) is 4.70. The molecule has 1 aromatic rings. The van der Waals surface area contributed by atoms with Gasteiger partial charge in [0.1, 0.15) is 0 Å². The van der Waals surface area contributed by atoms with Gasteiger partial charge in [0.15, 0.2) is 0 Å². The van der Waals surface area contributed by atoms with E-state index in [1.165, 1.54) is 17.5 Å². The molecule has 0 spiro atoms. The minimum Gasteiger partial charge on any atom is -0.316 e. The van der Waals surface area contributed by atoms with Gasteiger partial charge in [0, 0.05) is 19.0 Å². The van der Waals surface area contributed by atoms with Crippen molar-refractivity contribution in [2.75, 3.05) is 13.1 Å². The van der Waals surface area contributed by atoms with Gasteiger partial charge in [-0.1, -0.05) is 42.8 Å². The van der Waals surface area contributed by atoms with Crippen molar-refractivity contribution in [2.24, 2.45) is 5.41 Å². The van der Waals surface area contributed by atoms with Crippen molar-refractivity contribution in [1.82, 2.24) is 5.32 Å². The Labute approximate surface area is 114 Å².